The Kier molecular flexibility index (Phi) is 3.48. The molecule has 1 aliphatic heterocycles. The van der Waals surface area contributed by atoms with Gasteiger partial charge in [-0.15, -0.1) is 0 Å². The molecule has 0 saturated carbocycles. The molecule has 2 aromatic rings. The second-order valence-electron chi connectivity index (χ2n) is 5.60. The van der Waals surface area contributed by atoms with E-state index >= 15 is 0 Å². The van der Waals surface area contributed by atoms with Crippen LogP contribution in [0.1, 0.15) is 33.2 Å². The largest absolute Gasteiger partial charge is 0.322 e. The molecule has 118 valence electrons. The Morgan fingerprint density at radius 3 is 2.57 bits per heavy atom. The number of fused-ring (bicyclic) bond motifs is 1. The van der Waals surface area contributed by atoms with E-state index in [-0.39, 0.29) is 0 Å². The third-order valence-corrected chi connectivity index (χ3v) is 3.81. The Labute approximate surface area is 132 Å². The average molecular weight is 312 g/mol. The Bertz CT molecular complexity index is 824. The van der Waals surface area contributed by atoms with E-state index in [0.717, 1.165) is 10.5 Å². The molecule has 0 unspecified atom stereocenters. The van der Waals surface area contributed by atoms with Crippen LogP contribution < -0.4 is 5.32 Å². The average Bonchev–Trinajstić information content (AvgIpc) is 3.01. The number of carbonyl (C=O) groups is 3. The molecule has 0 aliphatic carbocycles. The van der Waals surface area contributed by atoms with Gasteiger partial charge in [-0.3, -0.25) is 24.0 Å². The van der Waals surface area contributed by atoms with Crippen LogP contribution in [0, 0.1) is 6.92 Å². The van der Waals surface area contributed by atoms with Crippen LogP contribution in [0.3, 0.4) is 0 Å². The van der Waals surface area contributed by atoms with Gasteiger partial charge in [0.1, 0.15) is 6.04 Å². The monoisotopic (exact) mass is 312 g/mol. The number of aromatic nitrogens is 2. The summed E-state index contributed by atoms with van der Waals surface area (Å²) in [7, 11) is 1.73. The van der Waals surface area contributed by atoms with E-state index in [2.05, 4.69) is 10.4 Å². The Morgan fingerprint density at radius 1 is 1.22 bits per heavy atom. The molecule has 1 aromatic heterocycles. The number of hydrogen-bond donors (Lipinski definition) is 1. The van der Waals surface area contributed by atoms with Crippen molar-refractivity contribution < 1.29 is 14.4 Å². The molecule has 1 aliphatic rings. The zero-order valence-electron chi connectivity index (χ0n) is 13.0. The maximum Gasteiger partial charge on any atom is 0.262 e. The second-order valence-corrected chi connectivity index (χ2v) is 5.60. The summed E-state index contributed by atoms with van der Waals surface area (Å²) in [5.41, 5.74) is 2.08. The third-order valence-electron chi connectivity index (χ3n) is 3.81. The highest BCUT2D eigenvalue weighted by Gasteiger charge is 2.40. The molecular formula is C16H16N4O3. The summed E-state index contributed by atoms with van der Waals surface area (Å²) in [6.45, 7) is 3.37. The first kappa shape index (κ1) is 15.0. The lowest BCUT2D eigenvalue weighted by molar-refractivity contribution is -0.119. The first-order chi connectivity index (χ1) is 10.9. The molecule has 3 amide bonds. The maximum atomic E-state index is 12.5. The lowest BCUT2D eigenvalue weighted by Gasteiger charge is -2.21. The molecule has 1 N–H and O–H groups in total. The van der Waals surface area contributed by atoms with Crippen molar-refractivity contribution in [1.82, 2.24) is 14.7 Å². The topological polar surface area (TPSA) is 84.3 Å². The number of anilines is 1. The highest BCUT2D eigenvalue weighted by Crippen LogP contribution is 2.26. The first-order valence-electron chi connectivity index (χ1n) is 7.16. The lowest BCUT2D eigenvalue weighted by atomic mass is 10.1. The predicted molar refractivity (Wildman–Crippen MR) is 83.0 cm³/mol. The minimum Gasteiger partial charge on any atom is -0.322 e. The van der Waals surface area contributed by atoms with Gasteiger partial charge in [-0.1, -0.05) is 11.6 Å². The van der Waals surface area contributed by atoms with E-state index in [9.17, 15) is 14.4 Å². The molecule has 1 atom stereocenters. The number of nitrogens with zero attached hydrogens (tertiary/aromatic N) is 3. The van der Waals surface area contributed by atoms with Gasteiger partial charge in [-0.25, -0.2) is 0 Å². The van der Waals surface area contributed by atoms with Gasteiger partial charge in [0.05, 0.1) is 23.0 Å². The molecular weight excluding hydrogens is 296 g/mol. The van der Waals surface area contributed by atoms with Gasteiger partial charge in [0.2, 0.25) is 5.91 Å². The normalized spacial score (nSPS) is 14.8. The Balaban J connectivity index is 1.83. The zero-order valence-corrected chi connectivity index (χ0v) is 13.0. The smallest absolute Gasteiger partial charge is 0.262 e. The van der Waals surface area contributed by atoms with Crippen molar-refractivity contribution in [3.8, 4) is 0 Å². The van der Waals surface area contributed by atoms with Gasteiger partial charge < -0.3 is 5.32 Å². The van der Waals surface area contributed by atoms with Gasteiger partial charge in [-0.2, -0.15) is 5.10 Å². The number of aryl methyl sites for hydroxylation is 2. The van der Waals surface area contributed by atoms with Crippen LogP contribution in [0.2, 0.25) is 0 Å². The minimum atomic E-state index is -0.914. The summed E-state index contributed by atoms with van der Waals surface area (Å²) < 4.78 is 1.55. The lowest BCUT2D eigenvalue weighted by Crippen LogP contribution is -2.45. The molecule has 3 rings (SSSR count). The predicted octanol–water partition coefficient (Wildman–Crippen LogP) is 1.35. The summed E-state index contributed by atoms with van der Waals surface area (Å²) >= 11 is 0. The second kappa shape index (κ2) is 5.35. The molecule has 7 heteroatoms. The first-order valence-corrected chi connectivity index (χ1v) is 7.16. The molecule has 0 radical (unpaired) electrons. The summed E-state index contributed by atoms with van der Waals surface area (Å²) in [5, 5.41) is 6.60. The van der Waals surface area contributed by atoms with Gasteiger partial charge in [0.15, 0.2) is 0 Å². The van der Waals surface area contributed by atoms with Crippen LogP contribution in [0.25, 0.3) is 0 Å². The van der Waals surface area contributed by atoms with Crippen molar-refractivity contribution in [2.24, 2.45) is 7.05 Å². The minimum absolute atomic E-state index is 0.335. The highest BCUT2D eigenvalue weighted by molar-refractivity contribution is 6.23. The van der Waals surface area contributed by atoms with Crippen molar-refractivity contribution in [3.63, 3.8) is 0 Å². The number of benzene rings is 1. The van der Waals surface area contributed by atoms with Crippen molar-refractivity contribution in [2.45, 2.75) is 19.9 Å². The number of rotatable bonds is 3. The van der Waals surface area contributed by atoms with E-state index in [4.69, 9.17) is 0 Å². The van der Waals surface area contributed by atoms with Gasteiger partial charge in [0.25, 0.3) is 11.8 Å². The quantitative estimate of drug-likeness (QED) is 0.867. The molecule has 0 saturated heterocycles. The SMILES string of the molecule is Cc1ccc2c(c1)C(=O)N([C@@H](C)C(=O)Nc1cnn(C)c1)C2=O. The summed E-state index contributed by atoms with van der Waals surface area (Å²) in [4.78, 5) is 38.2. The molecule has 0 bridgehead atoms. The number of imide groups is 1. The number of hydrogen-bond acceptors (Lipinski definition) is 4. The van der Waals surface area contributed by atoms with Gasteiger partial charge in [-0.05, 0) is 26.0 Å². The van der Waals surface area contributed by atoms with Crippen molar-refractivity contribution >= 4 is 23.4 Å². The van der Waals surface area contributed by atoms with Crippen molar-refractivity contribution in [1.29, 1.82) is 0 Å². The van der Waals surface area contributed by atoms with Crippen LogP contribution in [0.4, 0.5) is 5.69 Å². The maximum absolute atomic E-state index is 12.5. The van der Waals surface area contributed by atoms with Gasteiger partial charge >= 0.3 is 0 Å². The number of amides is 3. The zero-order chi connectivity index (χ0) is 16.7. The van der Waals surface area contributed by atoms with Crippen LogP contribution in [0.5, 0.6) is 0 Å². The molecule has 1 aromatic carbocycles. The van der Waals surface area contributed by atoms with E-state index in [1.807, 2.05) is 6.92 Å². The van der Waals surface area contributed by atoms with E-state index in [1.165, 1.54) is 13.1 Å². The summed E-state index contributed by atoms with van der Waals surface area (Å²) in [6, 6.07) is 4.15. The fourth-order valence-corrected chi connectivity index (χ4v) is 2.57. The summed E-state index contributed by atoms with van der Waals surface area (Å²) in [5.74, 6) is -1.33. The fourth-order valence-electron chi connectivity index (χ4n) is 2.57. The van der Waals surface area contributed by atoms with Crippen LogP contribution in [-0.4, -0.2) is 38.4 Å². The molecule has 0 spiro atoms. The Morgan fingerprint density at radius 2 is 1.91 bits per heavy atom. The summed E-state index contributed by atoms with van der Waals surface area (Å²) in [6.07, 6.45) is 3.13. The fraction of sp³-hybridized carbons (Fsp3) is 0.250. The van der Waals surface area contributed by atoms with E-state index in [1.54, 1.807) is 36.1 Å². The highest BCUT2D eigenvalue weighted by atomic mass is 16.2. The molecule has 7 nitrogen and oxygen atoms in total. The van der Waals surface area contributed by atoms with Crippen LogP contribution in [0.15, 0.2) is 30.6 Å². The molecule has 23 heavy (non-hydrogen) atoms. The van der Waals surface area contributed by atoms with Gasteiger partial charge in [0, 0.05) is 13.2 Å². The van der Waals surface area contributed by atoms with Crippen LogP contribution in [-0.2, 0) is 11.8 Å². The number of nitrogens with one attached hydrogen (secondary N) is 1. The van der Waals surface area contributed by atoms with Crippen molar-refractivity contribution in [3.05, 3.63) is 47.3 Å². The third kappa shape index (κ3) is 2.50. The molecule has 2 heterocycles. The Hall–Kier alpha value is -2.96. The standard InChI is InChI=1S/C16H16N4O3/c1-9-4-5-12-13(6-9)16(23)20(15(12)22)10(2)14(21)18-11-7-17-19(3)8-11/h4-8,10H,1-3H3,(H,18,21)/t10-/m0/s1. The van der Waals surface area contributed by atoms with Crippen molar-refractivity contribution in [2.75, 3.05) is 5.32 Å². The number of carbonyl (C=O) groups excluding carboxylic acids is 3. The van der Waals surface area contributed by atoms with Crippen LogP contribution >= 0.6 is 0 Å². The van der Waals surface area contributed by atoms with E-state index in [0.29, 0.717) is 16.8 Å². The molecule has 0 fully saturated rings. The van der Waals surface area contributed by atoms with E-state index < -0.39 is 23.8 Å².